The Balaban J connectivity index is 2.14. The molecule has 0 saturated carbocycles. The summed E-state index contributed by atoms with van der Waals surface area (Å²) >= 11 is 0. The predicted octanol–water partition coefficient (Wildman–Crippen LogP) is 2.62. The summed E-state index contributed by atoms with van der Waals surface area (Å²) in [6.07, 6.45) is 0.834. The van der Waals surface area contributed by atoms with Crippen LogP contribution in [0, 0.1) is 13.8 Å². The van der Waals surface area contributed by atoms with Crippen molar-refractivity contribution >= 4 is 27.7 Å². The van der Waals surface area contributed by atoms with E-state index in [4.69, 9.17) is 0 Å². The first-order valence-electron chi connectivity index (χ1n) is 9.20. The van der Waals surface area contributed by atoms with Gasteiger partial charge in [-0.05, 0) is 44.4 Å². The molecule has 1 aliphatic rings. The molecular weight excluding hydrogens is 380 g/mol. The number of fused-ring (bicyclic) bond motifs is 1. The van der Waals surface area contributed by atoms with Crippen LogP contribution in [0.15, 0.2) is 23.1 Å². The van der Waals surface area contributed by atoms with Crippen molar-refractivity contribution in [3.8, 4) is 11.1 Å². The molecule has 0 fully saturated rings. The minimum absolute atomic E-state index is 0.0751. The molecule has 1 atom stereocenters. The molecule has 0 bridgehead atoms. The van der Waals surface area contributed by atoms with Gasteiger partial charge in [-0.1, -0.05) is 19.1 Å². The first-order valence-corrected chi connectivity index (χ1v) is 10.7. The zero-order valence-electron chi connectivity index (χ0n) is 16.4. The number of hydrogen-bond donors (Lipinski definition) is 2. The lowest BCUT2D eigenvalue weighted by Gasteiger charge is -2.15. The lowest BCUT2D eigenvalue weighted by Crippen LogP contribution is -2.32. The third-order valence-corrected chi connectivity index (χ3v) is 6.59. The van der Waals surface area contributed by atoms with Gasteiger partial charge < -0.3 is 5.32 Å². The molecule has 0 radical (unpaired) electrons. The topological polar surface area (TPSA) is 110 Å². The molecule has 3 rings (SSSR count). The second-order valence-corrected chi connectivity index (χ2v) is 8.76. The fourth-order valence-corrected chi connectivity index (χ4v) is 4.74. The van der Waals surface area contributed by atoms with Gasteiger partial charge in [0.25, 0.3) is 0 Å². The number of sulfonamides is 1. The van der Waals surface area contributed by atoms with Crippen LogP contribution in [0.1, 0.15) is 49.2 Å². The Bertz CT molecular complexity index is 1060. The van der Waals surface area contributed by atoms with E-state index in [-0.39, 0.29) is 41.4 Å². The number of amides is 1. The van der Waals surface area contributed by atoms with Crippen LogP contribution in [-0.4, -0.2) is 36.1 Å². The Hall–Kier alpha value is -2.52. The van der Waals surface area contributed by atoms with Crippen LogP contribution in [0.3, 0.4) is 0 Å². The monoisotopic (exact) mass is 404 g/mol. The third-order valence-electron chi connectivity index (χ3n) is 4.86. The summed E-state index contributed by atoms with van der Waals surface area (Å²) in [6, 6.07) is 4.85. The zero-order chi connectivity index (χ0) is 20.6. The summed E-state index contributed by atoms with van der Waals surface area (Å²) in [5.74, 6) is -0.264. The number of rotatable bonds is 5. The summed E-state index contributed by atoms with van der Waals surface area (Å²) in [7, 11) is -3.71. The summed E-state index contributed by atoms with van der Waals surface area (Å²) in [4.78, 5) is 24.5. The summed E-state index contributed by atoms with van der Waals surface area (Å²) < 4.78 is 29.5. The van der Waals surface area contributed by atoms with Crippen molar-refractivity contribution in [2.24, 2.45) is 0 Å². The molecule has 2 N–H and O–H groups in total. The molecule has 1 aliphatic heterocycles. The molecule has 0 saturated heterocycles. The smallest absolute Gasteiger partial charge is 0.249 e. The Morgan fingerprint density at radius 3 is 2.64 bits per heavy atom. The van der Waals surface area contributed by atoms with Gasteiger partial charge in [-0.2, -0.15) is 9.78 Å². The Labute approximate surface area is 164 Å². The van der Waals surface area contributed by atoms with Crippen molar-refractivity contribution in [1.29, 1.82) is 0 Å². The average Bonchev–Trinajstić information content (AvgIpc) is 2.88. The second-order valence-electron chi connectivity index (χ2n) is 7.07. The number of hydrogen-bond acceptors (Lipinski definition) is 5. The number of carbonyl (C=O) groups is 2. The number of nitrogens with one attached hydrogen (secondary N) is 2. The van der Waals surface area contributed by atoms with Gasteiger partial charge in [0.05, 0.1) is 10.6 Å². The van der Waals surface area contributed by atoms with Crippen molar-refractivity contribution in [3.05, 3.63) is 29.5 Å². The first kappa shape index (κ1) is 20.2. The van der Waals surface area contributed by atoms with E-state index in [0.717, 1.165) is 0 Å². The molecule has 1 amide bonds. The van der Waals surface area contributed by atoms with Crippen LogP contribution >= 0.6 is 0 Å². The van der Waals surface area contributed by atoms with Gasteiger partial charge >= 0.3 is 0 Å². The van der Waals surface area contributed by atoms with Crippen molar-refractivity contribution in [3.63, 3.8) is 0 Å². The van der Waals surface area contributed by atoms with E-state index in [0.29, 0.717) is 28.8 Å². The first-order chi connectivity index (χ1) is 13.1. The maximum Gasteiger partial charge on any atom is 0.249 e. The molecule has 1 aromatic carbocycles. The Morgan fingerprint density at radius 1 is 1.25 bits per heavy atom. The molecule has 2 aromatic rings. The van der Waals surface area contributed by atoms with Crippen LogP contribution in [0.4, 0.5) is 5.82 Å². The van der Waals surface area contributed by atoms with E-state index in [1.54, 1.807) is 39.0 Å². The third kappa shape index (κ3) is 3.72. The largest absolute Gasteiger partial charge is 0.310 e. The van der Waals surface area contributed by atoms with Crippen molar-refractivity contribution in [1.82, 2.24) is 14.5 Å². The molecule has 0 aliphatic carbocycles. The van der Waals surface area contributed by atoms with Crippen LogP contribution in [-0.2, 0) is 14.8 Å². The van der Waals surface area contributed by atoms with Crippen molar-refractivity contribution < 1.29 is 18.0 Å². The minimum Gasteiger partial charge on any atom is -0.310 e. The van der Waals surface area contributed by atoms with Gasteiger partial charge in [0.1, 0.15) is 5.82 Å². The lowest BCUT2D eigenvalue weighted by molar-refractivity contribution is -0.116. The summed E-state index contributed by atoms with van der Waals surface area (Å²) in [5.41, 5.74) is 2.26. The predicted molar refractivity (Wildman–Crippen MR) is 106 cm³/mol. The van der Waals surface area contributed by atoms with Gasteiger partial charge in [-0.3, -0.25) is 9.59 Å². The highest BCUT2D eigenvalue weighted by molar-refractivity contribution is 7.89. The molecular formula is C19H24N4O4S. The molecule has 1 aromatic heterocycles. The normalized spacial score (nSPS) is 15.7. The quantitative estimate of drug-likeness (QED) is 0.796. The van der Waals surface area contributed by atoms with Crippen LogP contribution in [0.5, 0.6) is 0 Å². The molecule has 150 valence electrons. The SMILES string of the molecule is CC[C@@H](C)NS(=O)(=O)c1cc(-c2c(C)nn3c2NC(=O)CCC3=O)ccc1C. The molecule has 0 spiro atoms. The van der Waals surface area contributed by atoms with Gasteiger partial charge in [-0.25, -0.2) is 13.1 Å². The van der Waals surface area contributed by atoms with E-state index < -0.39 is 10.0 Å². The number of aryl methyl sites for hydroxylation is 2. The second kappa shape index (κ2) is 7.48. The van der Waals surface area contributed by atoms with Crippen molar-refractivity contribution in [2.45, 2.75) is 57.9 Å². The van der Waals surface area contributed by atoms with Crippen LogP contribution in [0.25, 0.3) is 11.1 Å². The Kier molecular flexibility index (Phi) is 5.40. The van der Waals surface area contributed by atoms with E-state index in [9.17, 15) is 18.0 Å². The van der Waals surface area contributed by atoms with Gasteiger partial charge in [-0.15, -0.1) is 0 Å². The van der Waals surface area contributed by atoms with Gasteiger partial charge in [0.15, 0.2) is 0 Å². The van der Waals surface area contributed by atoms with Crippen LogP contribution < -0.4 is 10.0 Å². The summed E-state index contributed by atoms with van der Waals surface area (Å²) in [6.45, 7) is 7.16. The molecule has 28 heavy (non-hydrogen) atoms. The van der Waals surface area contributed by atoms with E-state index >= 15 is 0 Å². The highest BCUT2D eigenvalue weighted by Gasteiger charge is 2.27. The maximum absolute atomic E-state index is 12.8. The number of anilines is 1. The highest BCUT2D eigenvalue weighted by atomic mass is 32.2. The number of nitrogens with zero attached hydrogens (tertiary/aromatic N) is 2. The fourth-order valence-electron chi connectivity index (χ4n) is 3.15. The van der Waals surface area contributed by atoms with E-state index in [1.165, 1.54) is 4.68 Å². The standard InChI is InChI=1S/C19H24N4O4S/c1-5-12(3)22-28(26,27)15-10-14(7-6-11(15)2)18-13(4)21-23-17(25)9-8-16(24)20-19(18)23/h6-7,10,12,22H,5,8-9H2,1-4H3,(H,20,24)/t12-/m1/s1. The van der Waals surface area contributed by atoms with E-state index in [1.807, 2.05) is 6.92 Å². The van der Waals surface area contributed by atoms with Gasteiger partial charge in [0.2, 0.25) is 21.8 Å². The van der Waals surface area contributed by atoms with Crippen molar-refractivity contribution in [2.75, 3.05) is 5.32 Å². The summed E-state index contributed by atoms with van der Waals surface area (Å²) in [5, 5.41) is 7.00. The number of carbonyl (C=O) groups excluding carboxylic acids is 2. The average molecular weight is 404 g/mol. The molecule has 8 nitrogen and oxygen atoms in total. The van der Waals surface area contributed by atoms with Crippen LogP contribution in [0.2, 0.25) is 0 Å². The lowest BCUT2D eigenvalue weighted by atomic mass is 10.0. The molecule has 0 unspecified atom stereocenters. The number of benzene rings is 1. The molecule has 9 heteroatoms. The highest BCUT2D eigenvalue weighted by Crippen LogP contribution is 2.35. The maximum atomic E-state index is 12.8. The van der Waals surface area contributed by atoms with E-state index in [2.05, 4.69) is 15.1 Å². The number of aromatic nitrogens is 2. The van der Waals surface area contributed by atoms with Gasteiger partial charge in [0, 0.05) is 24.4 Å². The molecule has 2 heterocycles. The minimum atomic E-state index is -3.71. The Morgan fingerprint density at radius 2 is 1.96 bits per heavy atom. The zero-order valence-corrected chi connectivity index (χ0v) is 17.2. The fraction of sp³-hybridized carbons (Fsp3) is 0.421.